The number of imidazole rings is 1. The van der Waals surface area contributed by atoms with E-state index in [1.807, 2.05) is 39.2 Å². The van der Waals surface area contributed by atoms with Crippen molar-refractivity contribution in [3.8, 4) is 0 Å². The molecule has 1 amide bonds. The average molecular weight is 345 g/mol. The van der Waals surface area contributed by atoms with Gasteiger partial charge < -0.3 is 14.1 Å². The molecule has 3 aromatic heterocycles. The lowest BCUT2D eigenvalue weighted by Crippen LogP contribution is -2.37. The van der Waals surface area contributed by atoms with Crippen molar-refractivity contribution < 1.29 is 13.9 Å². The van der Waals surface area contributed by atoms with Crippen molar-refractivity contribution in [2.75, 3.05) is 13.2 Å². The number of rotatable bonds is 6. The number of carbonyl (C=O) groups excluding carboxylic acids is 1. The number of thiazole rings is 1. The average Bonchev–Trinajstić information content (AvgIpc) is 3.31. The predicted octanol–water partition coefficient (Wildman–Crippen LogP) is 2.74. The Kier molecular flexibility index (Phi) is 4.36. The molecule has 0 aromatic carbocycles. The van der Waals surface area contributed by atoms with Crippen LogP contribution in [-0.4, -0.2) is 39.4 Å². The number of fused-ring (bicyclic) bond motifs is 1. The van der Waals surface area contributed by atoms with E-state index in [1.54, 1.807) is 17.6 Å². The van der Waals surface area contributed by atoms with E-state index < -0.39 is 0 Å². The molecule has 4 heterocycles. The van der Waals surface area contributed by atoms with Crippen molar-refractivity contribution in [1.29, 1.82) is 0 Å². The number of amides is 1. The van der Waals surface area contributed by atoms with Crippen molar-refractivity contribution in [2.45, 2.75) is 31.9 Å². The van der Waals surface area contributed by atoms with Crippen LogP contribution in [-0.2, 0) is 22.5 Å². The molecule has 1 atom stereocenters. The van der Waals surface area contributed by atoms with Crippen LogP contribution in [0.15, 0.2) is 40.6 Å². The Morgan fingerprint density at radius 3 is 3.21 bits per heavy atom. The van der Waals surface area contributed by atoms with Gasteiger partial charge in [-0.25, -0.2) is 4.98 Å². The van der Waals surface area contributed by atoms with Gasteiger partial charge in [0.25, 0.3) is 0 Å². The summed E-state index contributed by atoms with van der Waals surface area (Å²) in [4.78, 5) is 20.0. The van der Waals surface area contributed by atoms with E-state index in [2.05, 4.69) is 4.98 Å². The van der Waals surface area contributed by atoms with Crippen molar-refractivity contribution in [1.82, 2.24) is 14.3 Å². The molecule has 6 nitrogen and oxygen atoms in total. The van der Waals surface area contributed by atoms with Gasteiger partial charge in [0.05, 0.1) is 31.0 Å². The second-order valence-electron chi connectivity index (χ2n) is 5.99. The highest BCUT2D eigenvalue weighted by atomic mass is 32.1. The minimum atomic E-state index is 0.0488. The van der Waals surface area contributed by atoms with Gasteiger partial charge in [-0.2, -0.15) is 0 Å². The number of hydrogen-bond donors (Lipinski definition) is 0. The molecule has 0 unspecified atom stereocenters. The molecule has 7 heteroatoms. The third-order valence-corrected chi connectivity index (χ3v) is 4.97. The zero-order valence-electron chi connectivity index (χ0n) is 13.3. The Bertz CT molecular complexity index is 774. The standard InChI is InChI=1S/C17H19N3O3S/c21-16(9-13-10-19-5-8-24-17(19)18-13)20(11-14-3-1-6-22-14)12-15-4-2-7-23-15/h1,3,5-6,8,10,15H,2,4,7,9,11-12H2/t15-/m0/s1. The van der Waals surface area contributed by atoms with E-state index in [4.69, 9.17) is 9.15 Å². The van der Waals surface area contributed by atoms with E-state index in [-0.39, 0.29) is 12.0 Å². The zero-order chi connectivity index (χ0) is 16.4. The van der Waals surface area contributed by atoms with Crippen LogP contribution in [0.1, 0.15) is 24.3 Å². The van der Waals surface area contributed by atoms with Crippen LogP contribution in [0.4, 0.5) is 0 Å². The van der Waals surface area contributed by atoms with Gasteiger partial charge in [0.15, 0.2) is 4.96 Å². The zero-order valence-corrected chi connectivity index (χ0v) is 14.1. The molecule has 1 aliphatic heterocycles. The molecule has 1 fully saturated rings. The quantitative estimate of drug-likeness (QED) is 0.689. The van der Waals surface area contributed by atoms with Crippen molar-refractivity contribution >= 4 is 22.2 Å². The first-order chi connectivity index (χ1) is 11.8. The van der Waals surface area contributed by atoms with Gasteiger partial charge in [0.2, 0.25) is 5.91 Å². The van der Waals surface area contributed by atoms with Gasteiger partial charge in [-0.3, -0.25) is 9.20 Å². The summed E-state index contributed by atoms with van der Waals surface area (Å²) in [6.45, 7) is 1.85. The Labute approximate surface area is 143 Å². The Morgan fingerprint density at radius 2 is 2.46 bits per heavy atom. The van der Waals surface area contributed by atoms with Crippen molar-refractivity contribution in [2.24, 2.45) is 0 Å². The Morgan fingerprint density at radius 1 is 1.50 bits per heavy atom. The highest BCUT2D eigenvalue weighted by Gasteiger charge is 2.24. The first kappa shape index (κ1) is 15.4. The van der Waals surface area contributed by atoms with Crippen LogP contribution < -0.4 is 0 Å². The molecule has 4 rings (SSSR count). The lowest BCUT2D eigenvalue weighted by Gasteiger charge is -2.24. The summed E-state index contributed by atoms with van der Waals surface area (Å²) in [7, 11) is 0. The second kappa shape index (κ2) is 6.78. The largest absolute Gasteiger partial charge is 0.467 e. The number of carbonyl (C=O) groups is 1. The Hall–Kier alpha value is -2.12. The third-order valence-electron chi connectivity index (χ3n) is 4.20. The molecule has 3 aromatic rings. The molecular formula is C17H19N3O3S. The van der Waals surface area contributed by atoms with Gasteiger partial charge in [0, 0.05) is 30.9 Å². The van der Waals surface area contributed by atoms with Crippen LogP contribution >= 0.6 is 11.3 Å². The minimum Gasteiger partial charge on any atom is -0.467 e. The topological polar surface area (TPSA) is 60.0 Å². The molecule has 0 N–H and O–H groups in total. The maximum absolute atomic E-state index is 12.8. The molecule has 126 valence electrons. The number of furan rings is 1. The van der Waals surface area contributed by atoms with E-state index in [1.165, 1.54) is 0 Å². The second-order valence-corrected chi connectivity index (χ2v) is 6.86. The van der Waals surface area contributed by atoms with E-state index in [0.29, 0.717) is 19.5 Å². The summed E-state index contributed by atoms with van der Waals surface area (Å²) in [5.74, 6) is 0.833. The lowest BCUT2D eigenvalue weighted by molar-refractivity contribution is -0.133. The normalized spacial score (nSPS) is 17.6. The van der Waals surface area contributed by atoms with Gasteiger partial charge in [-0.15, -0.1) is 11.3 Å². The SMILES string of the molecule is O=C(Cc1cn2ccsc2n1)N(Cc1ccco1)C[C@@H]1CCCO1. The summed E-state index contributed by atoms with van der Waals surface area (Å²) in [6, 6.07) is 3.73. The maximum atomic E-state index is 12.8. The summed E-state index contributed by atoms with van der Waals surface area (Å²) in [5.41, 5.74) is 0.795. The van der Waals surface area contributed by atoms with E-state index in [9.17, 15) is 4.79 Å². The number of hydrogen-bond acceptors (Lipinski definition) is 5. The molecule has 24 heavy (non-hydrogen) atoms. The Balaban J connectivity index is 1.47. The first-order valence-corrected chi connectivity index (χ1v) is 8.99. The minimum absolute atomic E-state index is 0.0488. The van der Waals surface area contributed by atoms with Crippen LogP contribution in [0.5, 0.6) is 0 Å². The molecule has 0 aliphatic carbocycles. The first-order valence-electron chi connectivity index (χ1n) is 8.11. The van der Waals surface area contributed by atoms with Gasteiger partial charge in [-0.05, 0) is 25.0 Å². The summed E-state index contributed by atoms with van der Waals surface area (Å²) in [6.07, 6.45) is 7.98. The molecular weight excluding hydrogens is 326 g/mol. The van der Waals surface area contributed by atoms with Gasteiger partial charge in [0.1, 0.15) is 5.76 Å². The predicted molar refractivity (Wildman–Crippen MR) is 89.9 cm³/mol. The fourth-order valence-corrected chi connectivity index (χ4v) is 3.73. The number of ether oxygens (including phenoxy) is 1. The lowest BCUT2D eigenvalue weighted by atomic mass is 10.2. The molecule has 0 bridgehead atoms. The molecule has 0 saturated carbocycles. The van der Waals surface area contributed by atoms with Crippen LogP contribution in [0.2, 0.25) is 0 Å². The molecule has 0 spiro atoms. The summed E-state index contributed by atoms with van der Waals surface area (Å²) in [5, 5.41) is 1.98. The van der Waals surface area contributed by atoms with Crippen molar-refractivity contribution in [3.63, 3.8) is 0 Å². The van der Waals surface area contributed by atoms with E-state index in [0.717, 1.165) is 35.9 Å². The van der Waals surface area contributed by atoms with Gasteiger partial charge >= 0.3 is 0 Å². The molecule has 1 aliphatic rings. The number of nitrogens with zero attached hydrogens (tertiary/aromatic N) is 3. The number of aromatic nitrogens is 2. The third kappa shape index (κ3) is 3.37. The fourth-order valence-electron chi connectivity index (χ4n) is 3.01. The highest BCUT2D eigenvalue weighted by molar-refractivity contribution is 7.15. The summed E-state index contributed by atoms with van der Waals surface area (Å²) >= 11 is 1.57. The highest BCUT2D eigenvalue weighted by Crippen LogP contribution is 2.17. The van der Waals surface area contributed by atoms with Crippen LogP contribution in [0.25, 0.3) is 4.96 Å². The summed E-state index contributed by atoms with van der Waals surface area (Å²) < 4.78 is 13.1. The molecule has 1 saturated heterocycles. The van der Waals surface area contributed by atoms with Crippen LogP contribution in [0.3, 0.4) is 0 Å². The van der Waals surface area contributed by atoms with Crippen molar-refractivity contribution in [3.05, 3.63) is 47.6 Å². The smallest absolute Gasteiger partial charge is 0.229 e. The monoisotopic (exact) mass is 345 g/mol. The van der Waals surface area contributed by atoms with E-state index >= 15 is 0 Å². The van der Waals surface area contributed by atoms with Crippen LogP contribution in [0, 0.1) is 0 Å². The molecule has 0 radical (unpaired) electrons. The maximum Gasteiger partial charge on any atom is 0.229 e. The van der Waals surface area contributed by atoms with Gasteiger partial charge in [-0.1, -0.05) is 0 Å². The fraction of sp³-hybridized carbons (Fsp3) is 0.412.